The zero-order valence-corrected chi connectivity index (χ0v) is 12.6. The van der Waals surface area contributed by atoms with Gasteiger partial charge in [0.25, 0.3) is 0 Å². The van der Waals surface area contributed by atoms with Crippen LogP contribution in [-0.4, -0.2) is 18.9 Å². The standard InChI is InChI=1S/C10H17N3S2Si/c1-7(12-13-10(11)14)8-5-6-9(15-8)16(2,3)4/h5-6H,1-4H3,(H3,11,13,14)/b12-7-. The second kappa shape index (κ2) is 5.07. The molecule has 0 aromatic carbocycles. The van der Waals surface area contributed by atoms with Crippen LogP contribution in [0, 0.1) is 0 Å². The summed E-state index contributed by atoms with van der Waals surface area (Å²) in [6.45, 7) is 8.96. The summed E-state index contributed by atoms with van der Waals surface area (Å²) in [5.41, 5.74) is 8.84. The van der Waals surface area contributed by atoms with E-state index in [9.17, 15) is 0 Å². The van der Waals surface area contributed by atoms with Crippen molar-refractivity contribution < 1.29 is 0 Å². The van der Waals surface area contributed by atoms with Gasteiger partial charge in [-0.1, -0.05) is 25.7 Å². The Morgan fingerprint density at radius 2 is 2.06 bits per heavy atom. The van der Waals surface area contributed by atoms with Crippen LogP contribution in [0.5, 0.6) is 0 Å². The maximum absolute atomic E-state index is 5.32. The first kappa shape index (κ1) is 13.3. The van der Waals surface area contributed by atoms with Crippen LogP contribution in [0.15, 0.2) is 17.2 Å². The Labute approximate surface area is 107 Å². The minimum atomic E-state index is -1.21. The van der Waals surface area contributed by atoms with Crippen molar-refractivity contribution in [1.82, 2.24) is 5.43 Å². The number of nitrogens with one attached hydrogen (secondary N) is 1. The van der Waals surface area contributed by atoms with Crippen molar-refractivity contribution in [3.63, 3.8) is 0 Å². The van der Waals surface area contributed by atoms with Crippen molar-refractivity contribution >= 4 is 47.0 Å². The quantitative estimate of drug-likeness (QED) is 0.382. The molecule has 1 aromatic heterocycles. The lowest BCUT2D eigenvalue weighted by Gasteiger charge is -2.12. The molecule has 0 aliphatic carbocycles. The number of thiocarbonyl (C=S) groups is 1. The normalized spacial score (nSPS) is 12.6. The van der Waals surface area contributed by atoms with Crippen molar-refractivity contribution in [2.75, 3.05) is 0 Å². The minimum absolute atomic E-state index is 0.196. The van der Waals surface area contributed by atoms with E-state index < -0.39 is 8.07 Å². The van der Waals surface area contributed by atoms with Gasteiger partial charge in [0, 0.05) is 4.88 Å². The van der Waals surface area contributed by atoms with Gasteiger partial charge in [-0.3, -0.25) is 5.43 Å². The molecule has 16 heavy (non-hydrogen) atoms. The number of rotatable bonds is 3. The van der Waals surface area contributed by atoms with Gasteiger partial charge in [0.2, 0.25) is 0 Å². The molecule has 1 rings (SSSR count). The highest BCUT2D eigenvalue weighted by atomic mass is 32.1. The first-order valence-electron chi connectivity index (χ1n) is 5.01. The van der Waals surface area contributed by atoms with E-state index in [0.717, 1.165) is 5.71 Å². The first-order chi connectivity index (χ1) is 7.30. The van der Waals surface area contributed by atoms with Crippen LogP contribution in [0.1, 0.15) is 11.8 Å². The average Bonchev–Trinajstić information content (AvgIpc) is 2.61. The van der Waals surface area contributed by atoms with Crippen LogP contribution in [-0.2, 0) is 0 Å². The van der Waals surface area contributed by atoms with Gasteiger partial charge >= 0.3 is 0 Å². The van der Waals surface area contributed by atoms with Crippen LogP contribution in [0.2, 0.25) is 19.6 Å². The number of thiophene rings is 1. The third kappa shape index (κ3) is 3.69. The van der Waals surface area contributed by atoms with Gasteiger partial charge in [0.1, 0.15) is 0 Å². The molecule has 3 nitrogen and oxygen atoms in total. The van der Waals surface area contributed by atoms with Crippen LogP contribution in [0.4, 0.5) is 0 Å². The molecule has 0 bridgehead atoms. The number of nitrogens with two attached hydrogens (primary N) is 1. The molecule has 0 saturated heterocycles. The van der Waals surface area contributed by atoms with Gasteiger partial charge in [-0.25, -0.2) is 0 Å². The first-order valence-corrected chi connectivity index (χ1v) is 9.73. The van der Waals surface area contributed by atoms with Crippen LogP contribution >= 0.6 is 23.6 Å². The monoisotopic (exact) mass is 271 g/mol. The summed E-state index contributed by atoms with van der Waals surface area (Å²) in [4.78, 5) is 1.17. The zero-order chi connectivity index (χ0) is 12.3. The Balaban J connectivity index is 2.86. The van der Waals surface area contributed by atoms with E-state index in [1.54, 1.807) is 11.3 Å². The van der Waals surface area contributed by atoms with E-state index in [-0.39, 0.29) is 5.11 Å². The van der Waals surface area contributed by atoms with Crippen molar-refractivity contribution in [1.29, 1.82) is 0 Å². The highest BCUT2D eigenvalue weighted by Crippen LogP contribution is 2.13. The molecular formula is C10H17N3S2Si. The molecule has 0 amide bonds. The molecule has 0 atom stereocenters. The second-order valence-corrected chi connectivity index (χ2v) is 11.5. The van der Waals surface area contributed by atoms with E-state index in [1.165, 1.54) is 9.38 Å². The van der Waals surface area contributed by atoms with E-state index in [4.69, 9.17) is 18.0 Å². The van der Waals surface area contributed by atoms with E-state index in [0.29, 0.717) is 0 Å². The van der Waals surface area contributed by atoms with Crippen LogP contribution < -0.4 is 15.7 Å². The fraction of sp³-hybridized carbons (Fsp3) is 0.400. The smallest absolute Gasteiger partial charge is 0.184 e. The number of nitrogens with zero attached hydrogens (tertiary/aromatic N) is 1. The largest absolute Gasteiger partial charge is 0.375 e. The maximum atomic E-state index is 5.32. The maximum Gasteiger partial charge on any atom is 0.184 e. The molecule has 0 aliphatic rings. The Kier molecular flexibility index (Phi) is 4.23. The van der Waals surface area contributed by atoms with E-state index in [2.05, 4.69) is 42.3 Å². The third-order valence-electron chi connectivity index (χ3n) is 2.04. The van der Waals surface area contributed by atoms with Crippen LogP contribution in [0.3, 0.4) is 0 Å². The van der Waals surface area contributed by atoms with Crippen LogP contribution in [0.25, 0.3) is 0 Å². The van der Waals surface area contributed by atoms with Gasteiger partial charge in [-0.05, 0) is 29.7 Å². The predicted molar refractivity (Wildman–Crippen MR) is 79.4 cm³/mol. The fourth-order valence-corrected chi connectivity index (χ4v) is 4.02. The molecule has 6 heteroatoms. The third-order valence-corrected chi connectivity index (χ3v) is 6.92. The second-order valence-electron chi connectivity index (χ2n) is 4.59. The Morgan fingerprint density at radius 3 is 2.50 bits per heavy atom. The van der Waals surface area contributed by atoms with Crippen molar-refractivity contribution in [3.8, 4) is 0 Å². The fourth-order valence-electron chi connectivity index (χ4n) is 1.13. The molecule has 0 unspecified atom stereocenters. The molecular weight excluding hydrogens is 254 g/mol. The molecule has 0 aliphatic heterocycles. The SMILES string of the molecule is C/C(=N/NC(N)=S)c1ccc([Si](C)(C)C)s1. The van der Waals surface area contributed by atoms with Crippen molar-refractivity contribution in [3.05, 3.63) is 17.0 Å². The number of hydrazone groups is 1. The molecule has 0 spiro atoms. The van der Waals surface area contributed by atoms with Gasteiger partial charge in [0.05, 0.1) is 13.8 Å². The minimum Gasteiger partial charge on any atom is -0.375 e. The molecule has 0 radical (unpaired) electrons. The summed E-state index contributed by atoms with van der Waals surface area (Å²) in [6, 6.07) is 4.31. The molecule has 3 N–H and O–H groups in total. The predicted octanol–water partition coefficient (Wildman–Crippen LogP) is 1.85. The number of hydrogen-bond acceptors (Lipinski definition) is 3. The average molecular weight is 271 g/mol. The van der Waals surface area contributed by atoms with Gasteiger partial charge in [-0.2, -0.15) is 5.10 Å². The lowest BCUT2D eigenvalue weighted by molar-refractivity contribution is 1.03. The summed E-state index contributed by atoms with van der Waals surface area (Å²) in [6.07, 6.45) is 0. The topological polar surface area (TPSA) is 50.4 Å². The van der Waals surface area contributed by atoms with Crippen molar-refractivity contribution in [2.24, 2.45) is 10.8 Å². The number of hydrogen-bond donors (Lipinski definition) is 2. The molecule has 0 fully saturated rings. The van der Waals surface area contributed by atoms with E-state index >= 15 is 0 Å². The van der Waals surface area contributed by atoms with E-state index in [1.807, 2.05) is 6.92 Å². The lowest BCUT2D eigenvalue weighted by Crippen LogP contribution is -2.34. The molecule has 88 valence electrons. The zero-order valence-electron chi connectivity index (χ0n) is 10.00. The molecule has 1 aromatic rings. The summed E-state index contributed by atoms with van der Waals surface area (Å²) < 4.78 is 1.48. The van der Waals surface area contributed by atoms with Crippen molar-refractivity contribution in [2.45, 2.75) is 26.6 Å². The van der Waals surface area contributed by atoms with Gasteiger partial charge in [0.15, 0.2) is 5.11 Å². The summed E-state index contributed by atoms with van der Waals surface area (Å²) in [5.74, 6) is 0. The highest BCUT2D eigenvalue weighted by Gasteiger charge is 2.19. The molecule has 1 heterocycles. The highest BCUT2D eigenvalue weighted by molar-refractivity contribution is 7.80. The Morgan fingerprint density at radius 1 is 1.44 bits per heavy atom. The Bertz CT molecular complexity index is 418. The summed E-state index contributed by atoms with van der Waals surface area (Å²) in [5, 5.41) is 4.31. The van der Waals surface area contributed by atoms with Gasteiger partial charge < -0.3 is 5.73 Å². The summed E-state index contributed by atoms with van der Waals surface area (Å²) in [7, 11) is -1.21. The molecule has 0 saturated carbocycles. The Hall–Kier alpha value is -0.723. The summed E-state index contributed by atoms with van der Waals surface area (Å²) >= 11 is 6.50. The lowest BCUT2D eigenvalue weighted by atomic mass is 10.3. The van der Waals surface area contributed by atoms with Gasteiger partial charge in [-0.15, -0.1) is 11.3 Å².